The standard InChI is InChI=1S/C21H24N2O3/c1-4-17-7-5-6-8-19(17)22-20(24)15-23(2)21(25)14-11-16-9-12-18(26-3)13-10-16/h5-14H,4,15H2,1-3H3,(H,22,24)/b14-11+. The van der Waals surface area contributed by atoms with Crippen molar-refractivity contribution in [3.63, 3.8) is 0 Å². The predicted octanol–water partition coefficient (Wildman–Crippen LogP) is 3.37. The number of rotatable bonds is 7. The molecule has 0 aliphatic carbocycles. The van der Waals surface area contributed by atoms with Gasteiger partial charge in [0, 0.05) is 18.8 Å². The van der Waals surface area contributed by atoms with Crippen molar-refractivity contribution in [1.29, 1.82) is 0 Å². The minimum atomic E-state index is -0.236. The number of aryl methyl sites for hydroxylation is 1. The number of amides is 2. The first-order valence-corrected chi connectivity index (χ1v) is 8.48. The van der Waals surface area contributed by atoms with Crippen LogP contribution in [0.1, 0.15) is 18.1 Å². The lowest BCUT2D eigenvalue weighted by molar-refractivity contribution is -0.129. The highest BCUT2D eigenvalue weighted by atomic mass is 16.5. The van der Waals surface area contributed by atoms with Crippen molar-refractivity contribution in [1.82, 2.24) is 4.90 Å². The van der Waals surface area contributed by atoms with Crippen LogP contribution in [0.3, 0.4) is 0 Å². The van der Waals surface area contributed by atoms with Gasteiger partial charge in [-0.15, -0.1) is 0 Å². The van der Waals surface area contributed by atoms with Crippen molar-refractivity contribution in [3.05, 3.63) is 65.7 Å². The maximum atomic E-state index is 12.2. The van der Waals surface area contributed by atoms with Crippen LogP contribution in [0.25, 0.3) is 6.08 Å². The molecular formula is C21H24N2O3. The Hall–Kier alpha value is -3.08. The van der Waals surface area contributed by atoms with Crippen LogP contribution >= 0.6 is 0 Å². The van der Waals surface area contributed by atoms with Gasteiger partial charge in [-0.25, -0.2) is 0 Å². The summed E-state index contributed by atoms with van der Waals surface area (Å²) in [5.41, 5.74) is 2.73. The number of para-hydroxylation sites is 1. The largest absolute Gasteiger partial charge is 0.497 e. The van der Waals surface area contributed by atoms with E-state index < -0.39 is 0 Å². The van der Waals surface area contributed by atoms with Gasteiger partial charge in [0.1, 0.15) is 5.75 Å². The summed E-state index contributed by atoms with van der Waals surface area (Å²) in [5, 5.41) is 2.86. The Bertz CT molecular complexity index is 782. The Kier molecular flexibility index (Phi) is 6.97. The van der Waals surface area contributed by atoms with Crippen LogP contribution in [0.5, 0.6) is 5.75 Å². The smallest absolute Gasteiger partial charge is 0.246 e. The molecule has 2 aromatic carbocycles. The molecule has 2 aromatic rings. The van der Waals surface area contributed by atoms with Crippen LogP contribution in [-0.4, -0.2) is 37.4 Å². The van der Waals surface area contributed by atoms with Gasteiger partial charge in [0.15, 0.2) is 0 Å². The summed E-state index contributed by atoms with van der Waals surface area (Å²) < 4.78 is 5.10. The molecule has 0 saturated carbocycles. The average Bonchev–Trinajstić information content (AvgIpc) is 2.66. The third-order valence-electron chi connectivity index (χ3n) is 3.96. The highest BCUT2D eigenvalue weighted by molar-refractivity contribution is 5.98. The SMILES string of the molecule is CCc1ccccc1NC(=O)CN(C)C(=O)/C=C/c1ccc(OC)cc1. The summed E-state index contributed by atoms with van der Waals surface area (Å²) in [7, 11) is 3.21. The van der Waals surface area contributed by atoms with Gasteiger partial charge in [-0.05, 0) is 41.8 Å². The number of carbonyl (C=O) groups is 2. The Morgan fingerprint density at radius 1 is 1.12 bits per heavy atom. The van der Waals surface area contributed by atoms with Crippen LogP contribution in [0.15, 0.2) is 54.6 Å². The minimum absolute atomic E-state index is 0.0101. The van der Waals surface area contributed by atoms with Crippen molar-refractivity contribution >= 4 is 23.6 Å². The fraction of sp³-hybridized carbons (Fsp3) is 0.238. The van der Waals surface area contributed by atoms with Crippen molar-refractivity contribution in [2.75, 3.05) is 26.0 Å². The molecule has 0 radical (unpaired) electrons. The summed E-state index contributed by atoms with van der Waals surface area (Å²) in [6, 6.07) is 15.0. The van der Waals surface area contributed by atoms with E-state index in [4.69, 9.17) is 4.74 Å². The van der Waals surface area contributed by atoms with Crippen LogP contribution in [0.4, 0.5) is 5.69 Å². The molecule has 0 saturated heterocycles. The van der Waals surface area contributed by atoms with Crippen LogP contribution in [0.2, 0.25) is 0 Å². The summed E-state index contributed by atoms with van der Waals surface area (Å²) in [6.45, 7) is 2.02. The zero-order valence-electron chi connectivity index (χ0n) is 15.4. The topological polar surface area (TPSA) is 58.6 Å². The number of ether oxygens (including phenoxy) is 1. The number of likely N-dealkylation sites (N-methyl/N-ethyl adjacent to an activating group) is 1. The summed E-state index contributed by atoms with van der Waals surface area (Å²) >= 11 is 0. The zero-order chi connectivity index (χ0) is 18.9. The molecule has 0 spiro atoms. The molecule has 0 aromatic heterocycles. The lowest BCUT2D eigenvalue weighted by Gasteiger charge is -2.16. The average molecular weight is 352 g/mol. The van der Waals surface area contributed by atoms with Gasteiger partial charge in [0.25, 0.3) is 0 Å². The number of carbonyl (C=O) groups excluding carboxylic acids is 2. The second-order valence-corrected chi connectivity index (χ2v) is 5.86. The molecule has 2 amide bonds. The number of benzene rings is 2. The molecule has 2 rings (SSSR count). The van der Waals surface area contributed by atoms with Gasteiger partial charge in [-0.1, -0.05) is 37.3 Å². The molecule has 0 fully saturated rings. The van der Waals surface area contributed by atoms with E-state index in [1.165, 1.54) is 11.0 Å². The first kappa shape index (κ1) is 19.2. The molecule has 5 nitrogen and oxygen atoms in total. The Labute approximate surface area is 154 Å². The van der Waals surface area contributed by atoms with Crippen molar-refractivity contribution in [3.8, 4) is 5.75 Å². The van der Waals surface area contributed by atoms with Crippen LogP contribution < -0.4 is 10.1 Å². The number of methoxy groups -OCH3 is 1. The molecule has 0 heterocycles. The third kappa shape index (κ3) is 5.48. The van der Waals surface area contributed by atoms with Gasteiger partial charge in [0.2, 0.25) is 11.8 Å². The molecule has 26 heavy (non-hydrogen) atoms. The summed E-state index contributed by atoms with van der Waals surface area (Å²) in [4.78, 5) is 25.8. The van der Waals surface area contributed by atoms with E-state index in [9.17, 15) is 9.59 Å². The lowest BCUT2D eigenvalue weighted by Crippen LogP contribution is -2.34. The zero-order valence-corrected chi connectivity index (χ0v) is 15.4. The van der Waals surface area contributed by atoms with Crippen molar-refractivity contribution in [2.45, 2.75) is 13.3 Å². The number of nitrogens with zero attached hydrogens (tertiary/aromatic N) is 1. The second-order valence-electron chi connectivity index (χ2n) is 5.86. The van der Waals surface area contributed by atoms with E-state index in [0.717, 1.165) is 29.0 Å². The molecule has 0 bridgehead atoms. The Morgan fingerprint density at radius 3 is 2.46 bits per heavy atom. The quantitative estimate of drug-likeness (QED) is 0.777. The molecule has 136 valence electrons. The second kappa shape index (κ2) is 9.42. The van der Waals surface area contributed by atoms with Gasteiger partial charge in [-0.2, -0.15) is 0 Å². The van der Waals surface area contributed by atoms with Crippen LogP contribution in [0, 0.1) is 0 Å². The minimum Gasteiger partial charge on any atom is -0.497 e. The van der Waals surface area contributed by atoms with E-state index >= 15 is 0 Å². The Balaban J connectivity index is 1.91. The lowest BCUT2D eigenvalue weighted by atomic mass is 10.1. The molecule has 1 N–H and O–H groups in total. The van der Waals surface area contributed by atoms with E-state index in [-0.39, 0.29) is 18.4 Å². The maximum absolute atomic E-state index is 12.2. The first-order valence-electron chi connectivity index (χ1n) is 8.48. The Morgan fingerprint density at radius 2 is 1.81 bits per heavy atom. The molecule has 0 aliphatic heterocycles. The molecule has 0 atom stereocenters. The number of hydrogen-bond acceptors (Lipinski definition) is 3. The summed E-state index contributed by atoms with van der Waals surface area (Å²) in [5.74, 6) is 0.300. The van der Waals surface area contributed by atoms with Crippen molar-refractivity contribution in [2.24, 2.45) is 0 Å². The highest BCUT2D eigenvalue weighted by Gasteiger charge is 2.11. The van der Waals surface area contributed by atoms with Gasteiger partial charge in [0.05, 0.1) is 13.7 Å². The van der Waals surface area contributed by atoms with Crippen LogP contribution in [-0.2, 0) is 16.0 Å². The maximum Gasteiger partial charge on any atom is 0.246 e. The predicted molar refractivity (Wildman–Crippen MR) is 104 cm³/mol. The van der Waals surface area contributed by atoms with Gasteiger partial charge >= 0.3 is 0 Å². The third-order valence-corrected chi connectivity index (χ3v) is 3.96. The number of anilines is 1. The fourth-order valence-corrected chi connectivity index (χ4v) is 2.44. The number of hydrogen-bond donors (Lipinski definition) is 1. The van der Waals surface area contributed by atoms with Gasteiger partial charge < -0.3 is 15.0 Å². The molecule has 0 unspecified atom stereocenters. The molecular weight excluding hydrogens is 328 g/mol. The van der Waals surface area contributed by atoms with E-state index in [0.29, 0.717) is 0 Å². The monoisotopic (exact) mass is 352 g/mol. The van der Waals surface area contributed by atoms with Gasteiger partial charge in [-0.3, -0.25) is 9.59 Å². The first-order chi connectivity index (χ1) is 12.5. The number of nitrogens with one attached hydrogen (secondary N) is 1. The van der Waals surface area contributed by atoms with E-state index in [1.807, 2.05) is 55.5 Å². The van der Waals surface area contributed by atoms with E-state index in [1.54, 1.807) is 20.2 Å². The normalized spacial score (nSPS) is 10.6. The highest BCUT2D eigenvalue weighted by Crippen LogP contribution is 2.15. The molecule has 5 heteroatoms. The van der Waals surface area contributed by atoms with Crippen molar-refractivity contribution < 1.29 is 14.3 Å². The van der Waals surface area contributed by atoms with E-state index in [2.05, 4.69) is 5.32 Å². The fourth-order valence-electron chi connectivity index (χ4n) is 2.44. The summed E-state index contributed by atoms with van der Waals surface area (Å²) in [6.07, 6.45) is 3.99. The molecule has 0 aliphatic rings.